The third kappa shape index (κ3) is 45.6. The summed E-state index contributed by atoms with van der Waals surface area (Å²) in [5.74, 6) is -1.23. The van der Waals surface area contributed by atoms with Gasteiger partial charge in [-0.05, 0) is 96.4 Å². The quantitative estimate of drug-likeness (QED) is 0.0318. The number of carboxylic acid groups (broad SMARTS) is 1. The summed E-state index contributed by atoms with van der Waals surface area (Å²) in [5, 5.41) is 12.0. The Labute approximate surface area is 384 Å². The maximum atomic E-state index is 12.9. The summed E-state index contributed by atoms with van der Waals surface area (Å²) in [4.78, 5) is 36.6. The van der Waals surface area contributed by atoms with Gasteiger partial charge in [0.25, 0.3) is 0 Å². The molecule has 0 heterocycles. The molecule has 0 aliphatic heterocycles. The molecule has 7 nitrogen and oxygen atoms in total. The second-order valence-electron chi connectivity index (χ2n) is 18.3. The van der Waals surface area contributed by atoms with E-state index >= 15 is 0 Å². The van der Waals surface area contributed by atoms with E-state index in [0.29, 0.717) is 32.2 Å². The molecule has 7 heteroatoms. The molecule has 362 valence electrons. The predicted molar refractivity (Wildman–Crippen MR) is 267 cm³/mol. The summed E-state index contributed by atoms with van der Waals surface area (Å²) >= 11 is 0. The fourth-order valence-corrected chi connectivity index (χ4v) is 8.17. The molecule has 0 saturated carbocycles. The fourth-order valence-electron chi connectivity index (χ4n) is 8.17. The van der Waals surface area contributed by atoms with Gasteiger partial charge in [-0.25, -0.2) is 4.79 Å². The van der Waals surface area contributed by atoms with Crippen molar-refractivity contribution >= 4 is 17.8 Å². The average molecular weight is 871 g/mol. The van der Waals surface area contributed by atoms with Crippen molar-refractivity contribution in [3.8, 4) is 0 Å². The first-order valence-electron chi connectivity index (χ1n) is 26.8. The zero-order valence-corrected chi connectivity index (χ0v) is 41.0. The minimum atomic E-state index is -1.00. The Balaban J connectivity index is 4.29. The van der Waals surface area contributed by atoms with Crippen LogP contribution in [0.25, 0.3) is 0 Å². The highest BCUT2D eigenvalue weighted by molar-refractivity contribution is 5.83. The van der Waals surface area contributed by atoms with Gasteiger partial charge in [0, 0.05) is 12.8 Å². The number of nitrogens with two attached hydrogens (primary N) is 1. The SMILES string of the molecule is CCCCCCC/C=C\C/C=C\C/C=C\CCCCCCCCC(=O)OC(CCCCCCCCCCCCCCCCC)CCCCCCCC(=O)NC(CCCN)C(=O)O. The Morgan fingerprint density at radius 2 is 0.839 bits per heavy atom. The summed E-state index contributed by atoms with van der Waals surface area (Å²) < 4.78 is 6.09. The van der Waals surface area contributed by atoms with Crippen LogP contribution >= 0.6 is 0 Å². The predicted octanol–water partition coefficient (Wildman–Crippen LogP) is 16.1. The molecule has 2 unspecified atom stereocenters. The number of amides is 1. The lowest BCUT2D eigenvalue weighted by atomic mass is 10.0. The first kappa shape index (κ1) is 59.6. The highest BCUT2D eigenvalue weighted by atomic mass is 16.5. The molecule has 0 rings (SSSR count). The van der Waals surface area contributed by atoms with Crippen LogP contribution in [0, 0.1) is 0 Å². The van der Waals surface area contributed by atoms with Crippen LogP contribution in [0.15, 0.2) is 36.5 Å². The molecule has 2 atom stereocenters. The number of allylic oxidation sites excluding steroid dienone is 6. The lowest BCUT2D eigenvalue weighted by Crippen LogP contribution is -2.40. The average Bonchev–Trinajstić information content (AvgIpc) is 3.26. The minimum Gasteiger partial charge on any atom is -0.480 e. The first-order valence-corrected chi connectivity index (χ1v) is 26.8. The van der Waals surface area contributed by atoms with Crippen LogP contribution in [0.3, 0.4) is 0 Å². The van der Waals surface area contributed by atoms with E-state index in [-0.39, 0.29) is 18.0 Å². The molecule has 0 spiro atoms. The van der Waals surface area contributed by atoms with Gasteiger partial charge in [0.1, 0.15) is 12.1 Å². The summed E-state index contributed by atoms with van der Waals surface area (Å²) in [6.07, 6.45) is 60.6. The van der Waals surface area contributed by atoms with Crippen molar-refractivity contribution in [2.45, 2.75) is 289 Å². The lowest BCUT2D eigenvalue weighted by molar-refractivity contribution is -0.150. The fraction of sp³-hybridized carbons (Fsp3) is 0.836. The van der Waals surface area contributed by atoms with Crippen LogP contribution in [0.4, 0.5) is 0 Å². The molecule has 0 aliphatic carbocycles. The summed E-state index contributed by atoms with van der Waals surface area (Å²) in [7, 11) is 0. The largest absolute Gasteiger partial charge is 0.480 e. The molecule has 0 fully saturated rings. The Hall–Kier alpha value is -2.41. The normalized spacial score (nSPS) is 12.8. The van der Waals surface area contributed by atoms with E-state index in [9.17, 15) is 19.5 Å². The molecule has 0 aromatic carbocycles. The summed E-state index contributed by atoms with van der Waals surface area (Å²) in [6, 6.07) is -0.858. The van der Waals surface area contributed by atoms with Crippen molar-refractivity contribution in [1.29, 1.82) is 0 Å². The highest BCUT2D eigenvalue weighted by Crippen LogP contribution is 2.19. The minimum absolute atomic E-state index is 0.00649. The molecule has 62 heavy (non-hydrogen) atoms. The molecular formula is C55H102N2O5. The van der Waals surface area contributed by atoms with Crippen LogP contribution in [0.1, 0.15) is 277 Å². The second-order valence-corrected chi connectivity index (χ2v) is 18.3. The van der Waals surface area contributed by atoms with Gasteiger partial charge >= 0.3 is 11.9 Å². The van der Waals surface area contributed by atoms with Gasteiger partial charge in [-0.15, -0.1) is 0 Å². The number of aliphatic carboxylic acids is 1. The molecular weight excluding hydrogens is 769 g/mol. The topological polar surface area (TPSA) is 119 Å². The van der Waals surface area contributed by atoms with Crippen LogP contribution in [-0.4, -0.2) is 41.6 Å². The molecule has 0 aromatic rings. The Bertz CT molecular complexity index is 1070. The van der Waals surface area contributed by atoms with E-state index in [1.807, 2.05) is 0 Å². The van der Waals surface area contributed by atoms with E-state index < -0.39 is 12.0 Å². The van der Waals surface area contributed by atoms with Gasteiger partial charge in [-0.1, -0.05) is 211 Å². The van der Waals surface area contributed by atoms with Crippen LogP contribution in [0.2, 0.25) is 0 Å². The third-order valence-electron chi connectivity index (χ3n) is 12.2. The number of ether oxygens (including phenoxy) is 1. The maximum absolute atomic E-state index is 12.9. The van der Waals surface area contributed by atoms with E-state index in [1.165, 1.54) is 154 Å². The number of carbonyl (C=O) groups is 3. The molecule has 0 saturated heterocycles. The van der Waals surface area contributed by atoms with Crippen molar-refractivity contribution in [2.75, 3.05) is 6.54 Å². The van der Waals surface area contributed by atoms with Crippen LogP contribution < -0.4 is 11.1 Å². The Morgan fingerprint density at radius 1 is 0.468 bits per heavy atom. The molecule has 4 N–H and O–H groups in total. The number of carbonyl (C=O) groups excluding carboxylic acids is 2. The Kier molecular flexibility index (Phi) is 47.7. The maximum Gasteiger partial charge on any atom is 0.326 e. The monoisotopic (exact) mass is 871 g/mol. The molecule has 0 bridgehead atoms. The van der Waals surface area contributed by atoms with Gasteiger partial charge in [0.05, 0.1) is 0 Å². The van der Waals surface area contributed by atoms with Gasteiger partial charge < -0.3 is 20.9 Å². The van der Waals surface area contributed by atoms with Crippen molar-refractivity contribution in [3.63, 3.8) is 0 Å². The van der Waals surface area contributed by atoms with Crippen molar-refractivity contribution in [3.05, 3.63) is 36.5 Å². The van der Waals surface area contributed by atoms with Gasteiger partial charge in [0.2, 0.25) is 5.91 Å². The second kappa shape index (κ2) is 49.6. The number of carboxylic acids is 1. The number of esters is 1. The standard InChI is InChI=1S/C55H102N2O5/c1-3-5-7-9-11-13-15-17-19-20-21-22-23-24-26-28-30-32-34-39-43-49-54(59)62-51(45-40-36-33-31-29-27-25-18-16-14-12-10-8-6-4-2)46-41-37-35-38-42-48-53(58)57-52(55(60)61)47-44-50-56/h15,17,20-21,23-24,51-52H,3-14,16,18-19,22,25-50,56H2,1-2H3,(H,57,58)(H,60,61)/b17-15-,21-20-,24-23-. The molecule has 0 radical (unpaired) electrons. The van der Waals surface area contributed by atoms with Crippen molar-refractivity contribution < 1.29 is 24.2 Å². The van der Waals surface area contributed by atoms with Gasteiger partial charge in [-0.2, -0.15) is 0 Å². The lowest BCUT2D eigenvalue weighted by Gasteiger charge is -2.18. The zero-order valence-electron chi connectivity index (χ0n) is 41.0. The molecule has 0 aliphatic rings. The van der Waals surface area contributed by atoms with E-state index in [2.05, 4.69) is 55.6 Å². The molecule has 1 amide bonds. The third-order valence-corrected chi connectivity index (χ3v) is 12.2. The van der Waals surface area contributed by atoms with Crippen molar-refractivity contribution in [2.24, 2.45) is 5.73 Å². The smallest absolute Gasteiger partial charge is 0.326 e. The van der Waals surface area contributed by atoms with E-state index in [4.69, 9.17) is 10.5 Å². The van der Waals surface area contributed by atoms with Crippen LogP contribution in [-0.2, 0) is 19.1 Å². The first-order chi connectivity index (χ1) is 30.4. The van der Waals surface area contributed by atoms with E-state index in [0.717, 1.165) is 83.5 Å². The highest BCUT2D eigenvalue weighted by Gasteiger charge is 2.19. The number of rotatable bonds is 49. The number of nitrogens with one attached hydrogen (secondary N) is 1. The summed E-state index contributed by atoms with van der Waals surface area (Å²) in [6.45, 7) is 4.96. The number of hydrogen-bond donors (Lipinski definition) is 3. The zero-order chi connectivity index (χ0) is 45.2. The summed E-state index contributed by atoms with van der Waals surface area (Å²) in [5.41, 5.74) is 5.51. The van der Waals surface area contributed by atoms with Crippen molar-refractivity contribution in [1.82, 2.24) is 5.32 Å². The van der Waals surface area contributed by atoms with E-state index in [1.54, 1.807) is 0 Å². The van der Waals surface area contributed by atoms with Gasteiger partial charge in [-0.3, -0.25) is 9.59 Å². The number of hydrogen-bond acceptors (Lipinski definition) is 5. The molecule has 0 aromatic heterocycles. The van der Waals surface area contributed by atoms with Gasteiger partial charge in [0.15, 0.2) is 0 Å². The Morgan fingerprint density at radius 3 is 1.26 bits per heavy atom. The van der Waals surface area contributed by atoms with Crippen LogP contribution in [0.5, 0.6) is 0 Å². The number of unbranched alkanes of at least 4 members (excludes halogenated alkanes) is 29.